The molecule has 0 saturated heterocycles. The van der Waals surface area contributed by atoms with Crippen LogP contribution in [-0.4, -0.2) is 14.7 Å². The van der Waals surface area contributed by atoms with E-state index >= 15 is 0 Å². The molecule has 0 unspecified atom stereocenters. The minimum absolute atomic E-state index is 0.0184. The summed E-state index contributed by atoms with van der Waals surface area (Å²) >= 11 is 1.56. The van der Waals surface area contributed by atoms with Gasteiger partial charge in [-0.25, -0.2) is 4.98 Å². The molecule has 2 heterocycles. The third-order valence-electron chi connectivity index (χ3n) is 5.04. The lowest BCUT2D eigenvalue weighted by molar-refractivity contribution is 0.392. The standard InChI is InChI=1S/C23H23N3O2S/c1-16-20(17(2)28-25-16)15-29-23-24-21-13-7-6-12-19(21)22(27)26(23)14-8-11-18-9-4-3-5-10-18/h3-7,9-10,12-13H,8,11,14-15H2,1-2H3. The van der Waals surface area contributed by atoms with E-state index in [-0.39, 0.29) is 5.56 Å². The molecule has 0 saturated carbocycles. The largest absolute Gasteiger partial charge is 0.361 e. The summed E-state index contributed by atoms with van der Waals surface area (Å²) in [6, 6.07) is 17.9. The van der Waals surface area contributed by atoms with Gasteiger partial charge >= 0.3 is 0 Å². The fraction of sp³-hybridized carbons (Fsp3) is 0.261. The van der Waals surface area contributed by atoms with E-state index in [1.54, 1.807) is 11.8 Å². The summed E-state index contributed by atoms with van der Waals surface area (Å²) in [4.78, 5) is 18.0. The highest BCUT2D eigenvalue weighted by Crippen LogP contribution is 2.25. The molecule has 2 aromatic carbocycles. The number of nitrogens with zero attached hydrogens (tertiary/aromatic N) is 3. The zero-order valence-corrected chi connectivity index (χ0v) is 17.4. The SMILES string of the molecule is Cc1noc(C)c1CSc1nc2ccccc2c(=O)n1CCCc1ccccc1. The lowest BCUT2D eigenvalue weighted by Crippen LogP contribution is -2.23. The van der Waals surface area contributed by atoms with Crippen molar-refractivity contribution in [1.82, 2.24) is 14.7 Å². The van der Waals surface area contributed by atoms with E-state index in [0.29, 0.717) is 17.7 Å². The van der Waals surface area contributed by atoms with Gasteiger partial charge in [0.2, 0.25) is 0 Å². The van der Waals surface area contributed by atoms with Crippen LogP contribution in [0, 0.1) is 13.8 Å². The molecular weight excluding hydrogens is 382 g/mol. The van der Waals surface area contributed by atoms with Gasteiger partial charge in [0, 0.05) is 17.9 Å². The molecule has 4 aromatic rings. The van der Waals surface area contributed by atoms with Crippen molar-refractivity contribution in [3.05, 3.63) is 87.5 Å². The average molecular weight is 406 g/mol. The van der Waals surface area contributed by atoms with Crippen LogP contribution in [0.2, 0.25) is 0 Å². The maximum atomic E-state index is 13.2. The number of rotatable bonds is 7. The minimum Gasteiger partial charge on any atom is -0.361 e. The van der Waals surface area contributed by atoms with Crippen LogP contribution in [0.5, 0.6) is 0 Å². The third-order valence-corrected chi connectivity index (χ3v) is 6.05. The van der Waals surface area contributed by atoms with Gasteiger partial charge in [-0.3, -0.25) is 9.36 Å². The van der Waals surface area contributed by atoms with Crippen molar-refractivity contribution < 1.29 is 4.52 Å². The van der Waals surface area contributed by atoms with E-state index < -0.39 is 0 Å². The van der Waals surface area contributed by atoms with Crippen LogP contribution in [0.4, 0.5) is 0 Å². The first-order valence-corrected chi connectivity index (χ1v) is 10.7. The smallest absolute Gasteiger partial charge is 0.262 e. The van der Waals surface area contributed by atoms with Crippen molar-refractivity contribution >= 4 is 22.7 Å². The highest BCUT2D eigenvalue weighted by atomic mass is 32.2. The second-order valence-corrected chi connectivity index (χ2v) is 7.99. The zero-order chi connectivity index (χ0) is 20.2. The maximum absolute atomic E-state index is 13.2. The quantitative estimate of drug-likeness (QED) is 0.322. The van der Waals surface area contributed by atoms with Gasteiger partial charge in [-0.1, -0.05) is 59.4 Å². The second kappa shape index (κ2) is 8.66. The van der Waals surface area contributed by atoms with Gasteiger partial charge in [-0.15, -0.1) is 0 Å². The molecule has 0 spiro atoms. The van der Waals surface area contributed by atoms with Crippen molar-refractivity contribution in [2.45, 2.75) is 44.1 Å². The summed E-state index contributed by atoms with van der Waals surface area (Å²) in [5, 5.41) is 5.42. The van der Waals surface area contributed by atoms with E-state index in [0.717, 1.165) is 40.5 Å². The predicted molar refractivity (Wildman–Crippen MR) is 116 cm³/mol. The van der Waals surface area contributed by atoms with Gasteiger partial charge in [-0.2, -0.15) is 0 Å². The van der Waals surface area contributed by atoms with Crippen LogP contribution in [-0.2, 0) is 18.7 Å². The van der Waals surface area contributed by atoms with Crippen molar-refractivity contribution in [3.63, 3.8) is 0 Å². The molecule has 0 aliphatic carbocycles. The van der Waals surface area contributed by atoms with E-state index in [9.17, 15) is 4.79 Å². The van der Waals surface area contributed by atoms with Crippen LogP contribution < -0.4 is 5.56 Å². The van der Waals surface area contributed by atoms with Crippen LogP contribution in [0.15, 0.2) is 69.1 Å². The minimum atomic E-state index is 0.0184. The summed E-state index contributed by atoms with van der Waals surface area (Å²) < 4.78 is 7.08. The molecule has 5 nitrogen and oxygen atoms in total. The predicted octanol–water partition coefficient (Wildman–Crippen LogP) is 4.93. The second-order valence-electron chi connectivity index (χ2n) is 7.05. The fourth-order valence-corrected chi connectivity index (χ4v) is 4.56. The average Bonchev–Trinajstić information content (AvgIpc) is 3.06. The lowest BCUT2D eigenvalue weighted by atomic mass is 10.1. The van der Waals surface area contributed by atoms with Crippen LogP contribution in [0.1, 0.15) is 29.0 Å². The molecule has 0 N–H and O–H groups in total. The monoisotopic (exact) mass is 405 g/mol. The Morgan fingerprint density at radius 3 is 2.55 bits per heavy atom. The van der Waals surface area contributed by atoms with Crippen molar-refractivity contribution in [2.24, 2.45) is 0 Å². The van der Waals surface area contributed by atoms with E-state index in [4.69, 9.17) is 9.51 Å². The highest BCUT2D eigenvalue weighted by Gasteiger charge is 2.14. The Hall–Kier alpha value is -2.86. The Bertz CT molecular complexity index is 1160. The maximum Gasteiger partial charge on any atom is 0.262 e. The van der Waals surface area contributed by atoms with E-state index in [1.165, 1.54) is 5.56 Å². The van der Waals surface area contributed by atoms with Crippen LogP contribution in [0.3, 0.4) is 0 Å². The summed E-state index contributed by atoms with van der Waals surface area (Å²) in [6.07, 6.45) is 1.80. The Balaban J connectivity index is 1.62. The number of hydrogen-bond donors (Lipinski definition) is 0. The number of benzene rings is 2. The van der Waals surface area contributed by atoms with Gasteiger partial charge in [0.1, 0.15) is 5.76 Å². The van der Waals surface area contributed by atoms with Crippen molar-refractivity contribution in [1.29, 1.82) is 0 Å². The number of hydrogen-bond acceptors (Lipinski definition) is 5. The Morgan fingerprint density at radius 1 is 1.03 bits per heavy atom. The number of fused-ring (bicyclic) bond motifs is 1. The first kappa shape index (κ1) is 19.5. The topological polar surface area (TPSA) is 60.9 Å². The van der Waals surface area contributed by atoms with Gasteiger partial charge in [0.15, 0.2) is 5.16 Å². The molecule has 2 aromatic heterocycles. The highest BCUT2D eigenvalue weighted by molar-refractivity contribution is 7.98. The normalized spacial score (nSPS) is 11.2. The molecule has 0 aliphatic rings. The summed E-state index contributed by atoms with van der Waals surface area (Å²) in [6.45, 7) is 4.49. The Morgan fingerprint density at radius 2 is 1.79 bits per heavy atom. The molecule has 4 rings (SSSR count). The van der Waals surface area contributed by atoms with Crippen LogP contribution >= 0.6 is 11.8 Å². The Labute approximate surface area is 173 Å². The number of aromatic nitrogens is 3. The summed E-state index contributed by atoms with van der Waals surface area (Å²) in [5.74, 6) is 1.48. The van der Waals surface area contributed by atoms with Gasteiger partial charge < -0.3 is 4.52 Å². The summed E-state index contributed by atoms with van der Waals surface area (Å²) in [7, 11) is 0. The molecule has 29 heavy (non-hydrogen) atoms. The molecule has 0 amide bonds. The number of para-hydroxylation sites is 1. The first-order valence-electron chi connectivity index (χ1n) is 9.71. The molecule has 0 radical (unpaired) electrons. The molecule has 148 valence electrons. The van der Waals surface area contributed by atoms with Gasteiger partial charge in [0.05, 0.1) is 16.6 Å². The molecule has 0 bridgehead atoms. The molecule has 0 aliphatic heterocycles. The van der Waals surface area contributed by atoms with Gasteiger partial charge in [0.25, 0.3) is 5.56 Å². The fourth-order valence-electron chi connectivity index (χ4n) is 3.39. The van der Waals surface area contributed by atoms with Crippen LogP contribution in [0.25, 0.3) is 10.9 Å². The zero-order valence-electron chi connectivity index (χ0n) is 16.6. The van der Waals surface area contributed by atoms with E-state index in [1.807, 2.05) is 60.9 Å². The summed E-state index contributed by atoms with van der Waals surface area (Å²) in [5.41, 5.74) is 3.98. The van der Waals surface area contributed by atoms with E-state index in [2.05, 4.69) is 17.3 Å². The Kier molecular flexibility index (Phi) is 5.81. The lowest BCUT2D eigenvalue weighted by Gasteiger charge is -2.13. The first-order chi connectivity index (χ1) is 14.1. The van der Waals surface area contributed by atoms with Crippen molar-refractivity contribution in [2.75, 3.05) is 0 Å². The van der Waals surface area contributed by atoms with Gasteiger partial charge in [-0.05, 0) is 44.4 Å². The molecule has 0 fully saturated rings. The molecule has 6 heteroatoms. The molecule has 0 atom stereocenters. The number of aryl methyl sites for hydroxylation is 3. The molecular formula is C23H23N3O2S. The third kappa shape index (κ3) is 4.27. The van der Waals surface area contributed by atoms with Crippen molar-refractivity contribution in [3.8, 4) is 0 Å². The number of thioether (sulfide) groups is 1.